The molecule has 7 atom stereocenters. The highest BCUT2D eigenvalue weighted by Gasteiger charge is 2.73. The van der Waals surface area contributed by atoms with Gasteiger partial charge in [0, 0.05) is 11.3 Å². The van der Waals surface area contributed by atoms with E-state index < -0.39 is 5.67 Å². The van der Waals surface area contributed by atoms with Crippen LogP contribution in [-0.4, -0.2) is 5.67 Å². The molecule has 1 heteroatoms. The molecule has 158 valence electrons. The zero-order valence-corrected chi connectivity index (χ0v) is 19.6. The molecule has 0 nitrogen and oxygen atoms in total. The molecule has 4 aliphatic carbocycles. The first-order valence-corrected chi connectivity index (χ1v) is 11.9. The van der Waals surface area contributed by atoms with Gasteiger partial charge in [-0.3, -0.25) is 0 Å². The van der Waals surface area contributed by atoms with Crippen molar-refractivity contribution < 1.29 is 4.39 Å². The molecule has 0 aliphatic heterocycles. The molecule has 0 aromatic heterocycles. The second-order valence-electron chi connectivity index (χ2n) is 12.4. The molecule has 4 rings (SSSR count). The fraction of sp³-hybridized carbons (Fsp3) is 0.852. The Labute approximate surface area is 173 Å². The summed E-state index contributed by atoms with van der Waals surface area (Å²) in [4.78, 5) is 0. The lowest BCUT2D eigenvalue weighted by molar-refractivity contribution is -0.224. The minimum atomic E-state index is -1.04. The summed E-state index contributed by atoms with van der Waals surface area (Å²) in [7, 11) is 0. The predicted molar refractivity (Wildman–Crippen MR) is 118 cm³/mol. The molecule has 0 bridgehead atoms. The standard InChI is InChI=1S/C27H43F/c1-9-19-10-16-26(8)25(7)15-12-21-23(4,5)20(18(2)3)11-14-24(21,6)22(25)13-17-27(19,26)28/h9,19,21-22H,1,10-17H2,2-8H3/t19?,21-,22+,24-,25+,26-,27-/m0/s1. The van der Waals surface area contributed by atoms with Gasteiger partial charge in [-0.1, -0.05) is 51.8 Å². The summed E-state index contributed by atoms with van der Waals surface area (Å²) < 4.78 is 16.6. The molecular formula is C27H43F. The van der Waals surface area contributed by atoms with E-state index in [0.29, 0.717) is 11.3 Å². The number of hydrogen-bond acceptors (Lipinski definition) is 0. The van der Waals surface area contributed by atoms with Crippen LogP contribution in [0.5, 0.6) is 0 Å². The van der Waals surface area contributed by atoms with Gasteiger partial charge in [0.2, 0.25) is 0 Å². The Bertz CT molecular complexity index is 712. The van der Waals surface area contributed by atoms with E-state index >= 15 is 4.39 Å². The molecule has 0 aromatic carbocycles. The Hall–Kier alpha value is -0.590. The Balaban J connectivity index is 1.78. The Kier molecular flexibility index (Phi) is 4.41. The van der Waals surface area contributed by atoms with Gasteiger partial charge in [-0.15, -0.1) is 6.58 Å². The lowest BCUT2D eigenvalue weighted by Gasteiger charge is -2.70. The third-order valence-corrected chi connectivity index (χ3v) is 11.3. The summed E-state index contributed by atoms with van der Waals surface area (Å²) in [6, 6.07) is 0. The number of halogens is 1. The van der Waals surface area contributed by atoms with Gasteiger partial charge in [0.15, 0.2) is 0 Å². The monoisotopic (exact) mass is 386 g/mol. The second kappa shape index (κ2) is 5.98. The molecule has 4 fully saturated rings. The molecule has 0 spiro atoms. The van der Waals surface area contributed by atoms with Gasteiger partial charge in [-0.05, 0) is 93.3 Å². The molecule has 0 N–H and O–H groups in total. The molecule has 28 heavy (non-hydrogen) atoms. The molecule has 0 radical (unpaired) electrons. The maximum absolute atomic E-state index is 16.6. The normalized spacial score (nSPS) is 52.4. The maximum Gasteiger partial charge on any atom is 0.123 e. The van der Waals surface area contributed by atoms with E-state index in [1.807, 2.05) is 6.08 Å². The number of rotatable bonds is 1. The smallest absolute Gasteiger partial charge is 0.123 e. The van der Waals surface area contributed by atoms with Crippen LogP contribution in [0.25, 0.3) is 0 Å². The average Bonchev–Trinajstić information content (AvgIpc) is 2.86. The van der Waals surface area contributed by atoms with Gasteiger partial charge in [0.25, 0.3) is 0 Å². The summed E-state index contributed by atoms with van der Waals surface area (Å²) in [5, 5.41) is 0. The van der Waals surface area contributed by atoms with Gasteiger partial charge in [-0.25, -0.2) is 4.39 Å². The zero-order valence-electron chi connectivity index (χ0n) is 19.6. The van der Waals surface area contributed by atoms with Crippen LogP contribution in [0.15, 0.2) is 23.8 Å². The highest BCUT2D eigenvalue weighted by atomic mass is 19.1. The van der Waals surface area contributed by atoms with E-state index in [0.717, 1.165) is 31.6 Å². The van der Waals surface area contributed by atoms with Crippen molar-refractivity contribution in [3.05, 3.63) is 23.8 Å². The number of hydrogen-bond donors (Lipinski definition) is 0. The molecule has 4 saturated carbocycles. The summed E-state index contributed by atoms with van der Waals surface area (Å²) in [6.07, 6.45) is 10.8. The summed E-state index contributed by atoms with van der Waals surface area (Å²) in [5.41, 5.74) is 2.72. The fourth-order valence-electron chi connectivity index (χ4n) is 9.75. The van der Waals surface area contributed by atoms with Crippen molar-refractivity contribution >= 4 is 0 Å². The summed E-state index contributed by atoms with van der Waals surface area (Å²) in [5.74, 6) is 1.43. The van der Waals surface area contributed by atoms with Crippen LogP contribution in [0.1, 0.15) is 99.8 Å². The van der Waals surface area contributed by atoms with Gasteiger partial charge in [-0.2, -0.15) is 0 Å². The van der Waals surface area contributed by atoms with Crippen molar-refractivity contribution in [3.63, 3.8) is 0 Å². The number of alkyl halides is 1. The highest BCUT2D eigenvalue weighted by Crippen LogP contribution is 2.77. The van der Waals surface area contributed by atoms with E-state index in [1.165, 1.54) is 31.3 Å². The molecule has 0 heterocycles. The quantitative estimate of drug-likeness (QED) is 0.398. The van der Waals surface area contributed by atoms with Crippen LogP contribution in [0.4, 0.5) is 4.39 Å². The van der Waals surface area contributed by atoms with Crippen LogP contribution in [0.2, 0.25) is 0 Å². The first kappa shape index (κ1) is 20.7. The van der Waals surface area contributed by atoms with Crippen LogP contribution < -0.4 is 0 Å². The van der Waals surface area contributed by atoms with Gasteiger partial charge in [0.05, 0.1) is 0 Å². The van der Waals surface area contributed by atoms with Gasteiger partial charge < -0.3 is 0 Å². The Morgan fingerprint density at radius 2 is 1.57 bits per heavy atom. The number of allylic oxidation sites excluding steroid dienone is 3. The highest BCUT2D eigenvalue weighted by molar-refractivity contribution is 5.29. The molecule has 1 unspecified atom stereocenters. The fourth-order valence-corrected chi connectivity index (χ4v) is 9.75. The lowest BCUT2D eigenvalue weighted by atomic mass is 9.35. The van der Waals surface area contributed by atoms with Crippen molar-refractivity contribution in [2.45, 2.75) is 106 Å². The van der Waals surface area contributed by atoms with E-state index in [1.54, 1.807) is 5.57 Å². The van der Waals surface area contributed by atoms with Gasteiger partial charge in [0.1, 0.15) is 5.67 Å². The molecule has 0 amide bonds. The van der Waals surface area contributed by atoms with E-state index in [9.17, 15) is 0 Å². The first-order chi connectivity index (χ1) is 12.9. The minimum absolute atomic E-state index is 0.0564. The van der Waals surface area contributed by atoms with Crippen molar-refractivity contribution in [2.75, 3.05) is 0 Å². The van der Waals surface area contributed by atoms with Crippen LogP contribution in [0, 0.1) is 39.4 Å². The SMILES string of the molecule is C=CC1CC[C@]2(C)[C@]1(F)CC[C@@H]1[C@@]3(C)CCC(=C(C)C)C(C)(C)[C@@H]3CC[C@]12C. The lowest BCUT2D eigenvalue weighted by Crippen LogP contribution is -2.66. The Morgan fingerprint density at radius 1 is 0.929 bits per heavy atom. The van der Waals surface area contributed by atoms with E-state index in [2.05, 4.69) is 55.0 Å². The van der Waals surface area contributed by atoms with Crippen molar-refractivity contribution in [1.82, 2.24) is 0 Å². The largest absolute Gasteiger partial charge is 0.243 e. The number of fused-ring (bicyclic) bond motifs is 5. The molecule has 4 aliphatic rings. The van der Waals surface area contributed by atoms with Crippen molar-refractivity contribution in [3.8, 4) is 0 Å². The third-order valence-electron chi connectivity index (χ3n) is 11.3. The topological polar surface area (TPSA) is 0 Å². The van der Waals surface area contributed by atoms with Crippen LogP contribution in [-0.2, 0) is 0 Å². The van der Waals surface area contributed by atoms with E-state index in [-0.39, 0.29) is 22.2 Å². The van der Waals surface area contributed by atoms with Crippen LogP contribution in [0.3, 0.4) is 0 Å². The van der Waals surface area contributed by atoms with E-state index in [4.69, 9.17) is 0 Å². The maximum atomic E-state index is 16.6. The average molecular weight is 387 g/mol. The summed E-state index contributed by atoms with van der Waals surface area (Å²) in [6.45, 7) is 21.0. The molecular weight excluding hydrogens is 343 g/mol. The summed E-state index contributed by atoms with van der Waals surface area (Å²) >= 11 is 0. The minimum Gasteiger partial charge on any atom is -0.243 e. The molecule has 0 aromatic rings. The second-order valence-corrected chi connectivity index (χ2v) is 12.4. The zero-order chi connectivity index (χ0) is 20.8. The predicted octanol–water partition coefficient (Wildman–Crippen LogP) is 8.29. The van der Waals surface area contributed by atoms with Crippen molar-refractivity contribution in [2.24, 2.45) is 39.4 Å². The van der Waals surface area contributed by atoms with Gasteiger partial charge >= 0.3 is 0 Å². The Morgan fingerprint density at radius 3 is 2.18 bits per heavy atom. The van der Waals surface area contributed by atoms with Crippen LogP contribution >= 0.6 is 0 Å². The first-order valence-electron chi connectivity index (χ1n) is 11.9. The van der Waals surface area contributed by atoms with Crippen molar-refractivity contribution in [1.29, 1.82) is 0 Å². The third kappa shape index (κ3) is 2.18. The molecule has 0 saturated heterocycles.